The molecule has 1 amide bonds. The van der Waals surface area contributed by atoms with Crippen LogP contribution in [0.3, 0.4) is 0 Å². The van der Waals surface area contributed by atoms with Gasteiger partial charge in [-0.1, -0.05) is 35.0 Å². The zero-order valence-corrected chi connectivity index (χ0v) is 23.3. The van der Waals surface area contributed by atoms with Crippen LogP contribution in [0.15, 0.2) is 18.2 Å². The molecule has 2 fully saturated rings. The second-order valence-corrected chi connectivity index (χ2v) is 11.7. The first-order valence-corrected chi connectivity index (χ1v) is 13.8. The van der Waals surface area contributed by atoms with Crippen molar-refractivity contribution in [2.45, 2.75) is 56.4 Å². The molecule has 0 aromatic heterocycles. The van der Waals surface area contributed by atoms with Crippen LogP contribution in [0.2, 0.25) is 0 Å². The van der Waals surface area contributed by atoms with Gasteiger partial charge in [0.1, 0.15) is 5.75 Å². The van der Waals surface area contributed by atoms with Crippen LogP contribution in [0.5, 0.6) is 5.75 Å². The summed E-state index contributed by atoms with van der Waals surface area (Å²) in [4.78, 5) is 69.6. The number of likely N-dealkylation sites (N-methyl/N-ethyl adjacent to an activating group) is 1. The molecule has 4 rings (SSSR count). The SMILES string of the molecule is CC(CCCBr)NC(=O)C1C(=O)[C@@H](N(C)C)[C@@H]2[C@@H](O)[C@H]3C(C(=O)c4c(O)cccc4[C@@H]3C)C(=O)[C@]2(O)C1=O. The number of nitrogens with one attached hydrogen (secondary N) is 1. The number of ketones is 4. The minimum Gasteiger partial charge on any atom is -0.507 e. The van der Waals surface area contributed by atoms with E-state index in [1.165, 1.54) is 25.1 Å². The smallest absolute Gasteiger partial charge is 0.238 e. The molecule has 38 heavy (non-hydrogen) atoms. The van der Waals surface area contributed by atoms with Crippen molar-refractivity contribution >= 4 is 45.0 Å². The van der Waals surface area contributed by atoms with Crippen LogP contribution in [0, 0.1) is 23.7 Å². The summed E-state index contributed by atoms with van der Waals surface area (Å²) in [5, 5.41) is 37.2. The number of Topliss-reactive ketones (excluding diaryl/α,β-unsaturated/α-hetero) is 4. The molecule has 10 nitrogen and oxygen atoms in total. The van der Waals surface area contributed by atoms with Gasteiger partial charge in [0.15, 0.2) is 34.7 Å². The number of aromatic hydroxyl groups is 1. The number of benzene rings is 1. The van der Waals surface area contributed by atoms with Crippen molar-refractivity contribution in [1.29, 1.82) is 0 Å². The van der Waals surface area contributed by atoms with E-state index in [0.717, 1.165) is 6.42 Å². The van der Waals surface area contributed by atoms with Crippen molar-refractivity contribution < 1.29 is 39.3 Å². The van der Waals surface area contributed by atoms with Gasteiger partial charge in [-0.05, 0) is 51.4 Å². The fourth-order valence-corrected chi connectivity index (χ4v) is 7.03. The Hall–Kier alpha value is -2.47. The van der Waals surface area contributed by atoms with E-state index in [0.29, 0.717) is 17.3 Å². The number of carbonyl (C=O) groups excluding carboxylic acids is 5. The van der Waals surface area contributed by atoms with Crippen molar-refractivity contribution in [3.05, 3.63) is 29.3 Å². The average Bonchev–Trinajstić information content (AvgIpc) is 2.84. The predicted octanol–water partition coefficient (Wildman–Crippen LogP) is 0.593. The Labute approximate surface area is 228 Å². The van der Waals surface area contributed by atoms with Crippen LogP contribution in [-0.4, -0.2) is 92.5 Å². The van der Waals surface area contributed by atoms with Crippen molar-refractivity contribution in [2.24, 2.45) is 23.7 Å². The van der Waals surface area contributed by atoms with E-state index in [4.69, 9.17) is 0 Å². The monoisotopic (exact) mass is 592 g/mol. The van der Waals surface area contributed by atoms with Crippen LogP contribution in [-0.2, 0) is 19.2 Å². The summed E-state index contributed by atoms with van der Waals surface area (Å²) in [7, 11) is 3.00. The lowest BCUT2D eigenvalue weighted by Gasteiger charge is -2.56. The molecule has 0 bridgehead atoms. The number of aliphatic hydroxyl groups is 2. The van der Waals surface area contributed by atoms with Gasteiger partial charge in [-0.25, -0.2) is 0 Å². The third-order valence-electron chi connectivity index (χ3n) is 8.49. The van der Waals surface area contributed by atoms with Crippen molar-refractivity contribution in [3.8, 4) is 5.75 Å². The topological polar surface area (TPSA) is 161 Å². The minimum atomic E-state index is -2.96. The molecular formula is C27H33BrN2O8. The highest BCUT2D eigenvalue weighted by atomic mass is 79.9. The molecule has 206 valence electrons. The molecule has 3 aliphatic carbocycles. The molecule has 11 heteroatoms. The highest BCUT2D eigenvalue weighted by Gasteiger charge is 2.73. The Morgan fingerprint density at radius 1 is 1.18 bits per heavy atom. The Morgan fingerprint density at radius 2 is 1.84 bits per heavy atom. The third-order valence-corrected chi connectivity index (χ3v) is 9.05. The third kappa shape index (κ3) is 4.06. The number of phenolic OH excluding ortho intramolecular Hbond substituents is 1. The van der Waals surface area contributed by atoms with Gasteiger partial charge in [0.2, 0.25) is 5.91 Å². The second-order valence-electron chi connectivity index (χ2n) is 10.9. The molecule has 3 aliphatic rings. The average molecular weight is 593 g/mol. The zero-order valence-electron chi connectivity index (χ0n) is 21.7. The number of rotatable bonds is 6. The van der Waals surface area contributed by atoms with Crippen LogP contribution >= 0.6 is 15.9 Å². The van der Waals surface area contributed by atoms with Gasteiger partial charge < -0.3 is 20.6 Å². The molecule has 0 saturated heterocycles. The Morgan fingerprint density at radius 3 is 2.45 bits per heavy atom. The summed E-state index contributed by atoms with van der Waals surface area (Å²) in [6.45, 7) is 3.40. The van der Waals surface area contributed by atoms with E-state index in [9.17, 15) is 39.3 Å². The van der Waals surface area contributed by atoms with Crippen LogP contribution in [0.4, 0.5) is 0 Å². The summed E-state index contributed by atoms with van der Waals surface area (Å²) in [6.07, 6.45) is -0.325. The van der Waals surface area contributed by atoms with E-state index in [-0.39, 0.29) is 17.4 Å². The van der Waals surface area contributed by atoms with Crippen molar-refractivity contribution in [2.75, 3.05) is 19.4 Å². The standard InChI is InChI=1S/C27H33BrN2O8/c1-11(7-6-10-28)29-26(37)18-23(34)20(30(3)4)19-22(33)15-12(2)13-8-5-9-14(31)16(13)21(32)17(15)24(35)27(19,38)25(18)36/h5,8-9,11-12,15,17-20,22,31,33,38H,6-7,10H2,1-4H3,(H,29,37)/t11?,12-,15+,17?,18?,19+,20-,22-,27-/m0/s1. The number of hydrogen-bond acceptors (Lipinski definition) is 9. The van der Waals surface area contributed by atoms with Gasteiger partial charge in [0, 0.05) is 17.3 Å². The maximum absolute atomic E-state index is 14.0. The van der Waals surface area contributed by atoms with Crippen molar-refractivity contribution in [3.63, 3.8) is 0 Å². The lowest BCUT2D eigenvalue weighted by Crippen LogP contribution is -2.78. The molecule has 0 aliphatic heterocycles. The number of amides is 1. The zero-order chi connectivity index (χ0) is 28.3. The highest BCUT2D eigenvalue weighted by Crippen LogP contribution is 2.54. The largest absolute Gasteiger partial charge is 0.507 e. The Kier molecular flexibility index (Phi) is 7.70. The summed E-state index contributed by atoms with van der Waals surface area (Å²) in [5.74, 6) is -12.3. The first-order chi connectivity index (χ1) is 17.8. The number of alkyl halides is 1. The van der Waals surface area contributed by atoms with E-state index >= 15 is 0 Å². The highest BCUT2D eigenvalue weighted by molar-refractivity contribution is 9.09. The van der Waals surface area contributed by atoms with E-state index < -0.39 is 76.4 Å². The van der Waals surface area contributed by atoms with E-state index in [2.05, 4.69) is 21.2 Å². The molecule has 9 atom stereocenters. The number of phenols is 1. The number of halogens is 1. The lowest BCUT2D eigenvalue weighted by atomic mass is 9.49. The van der Waals surface area contributed by atoms with Gasteiger partial charge in [-0.15, -0.1) is 0 Å². The van der Waals surface area contributed by atoms with E-state index in [1.54, 1.807) is 26.0 Å². The molecule has 0 spiro atoms. The number of nitrogens with zero attached hydrogens (tertiary/aromatic N) is 1. The fourth-order valence-electron chi connectivity index (χ4n) is 6.71. The summed E-state index contributed by atoms with van der Waals surface area (Å²) < 4.78 is 0. The normalized spacial score (nSPS) is 35.4. The Bertz CT molecular complexity index is 1200. The maximum Gasteiger partial charge on any atom is 0.238 e. The number of hydrogen-bond donors (Lipinski definition) is 4. The Balaban J connectivity index is 1.82. The van der Waals surface area contributed by atoms with Gasteiger partial charge in [-0.3, -0.25) is 28.9 Å². The van der Waals surface area contributed by atoms with Crippen molar-refractivity contribution in [1.82, 2.24) is 10.2 Å². The van der Waals surface area contributed by atoms with E-state index in [1.807, 2.05) is 0 Å². The summed E-state index contributed by atoms with van der Waals surface area (Å²) >= 11 is 3.31. The molecule has 0 heterocycles. The van der Waals surface area contributed by atoms with Crippen LogP contribution in [0.1, 0.15) is 48.5 Å². The molecule has 1 aromatic rings. The molecule has 3 unspecified atom stereocenters. The first kappa shape index (κ1) is 28.5. The minimum absolute atomic E-state index is 0.0951. The van der Waals surface area contributed by atoms with Gasteiger partial charge in [-0.2, -0.15) is 0 Å². The van der Waals surface area contributed by atoms with Gasteiger partial charge >= 0.3 is 0 Å². The number of fused-ring (bicyclic) bond motifs is 3. The maximum atomic E-state index is 14.0. The quantitative estimate of drug-likeness (QED) is 0.273. The molecule has 4 N–H and O–H groups in total. The lowest BCUT2D eigenvalue weighted by molar-refractivity contribution is -0.197. The molecule has 2 saturated carbocycles. The molecule has 0 radical (unpaired) electrons. The first-order valence-electron chi connectivity index (χ1n) is 12.7. The number of aliphatic hydroxyl groups excluding tert-OH is 1. The summed E-state index contributed by atoms with van der Waals surface area (Å²) in [6, 6.07) is 2.73. The fraction of sp³-hybridized carbons (Fsp3) is 0.593. The second kappa shape index (κ2) is 10.3. The van der Waals surface area contributed by atoms with Crippen LogP contribution in [0.25, 0.3) is 0 Å². The molecular weight excluding hydrogens is 560 g/mol. The number of carbonyl (C=O) groups is 5. The van der Waals surface area contributed by atoms with Gasteiger partial charge in [0.05, 0.1) is 29.5 Å². The van der Waals surface area contributed by atoms with Gasteiger partial charge in [0.25, 0.3) is 0 Å². The molecule has 1 aromatic carbocycles. The van der Waals surface area contributed by atoms with Crippen LogP contribution < -0.4 is 5.32 Å². The predicted molar refractivity (Wildman–Crippen MR) is 139 cm³/mol. The summed E-state index contributed by atoms with van der Waals surface area (Å²) in [5.41, 5.74) is -2.62.